The highest BCUT2D eigenvalue weighted by Crippen LogP contribution is 2.51. The van der Waals surface area contributed by atoms with Crippen LogP contribution in [-0.4, -0.2) is 31.6 Å². The summed E-state index contributed by atoms with van der Waals surface area (Å²) in [4.78, 5) is 0. The number of aliphatic hydroxyl groups is 1. The summed E-state index contributed by atoms with van der Waals surface area (Å²) in [6, 6.07) is 7.89. The maximum atomic E-state index is 12.0. The van der Waals surface area contributed by atoms with Crippen molar-refractivity contribution in [1.82, 2.24) is 0 Å². The molecular weight excluding hydrogens is 286 g/mol. The van der Waals surface area contributed by atoms with E-state index in [1.165, 1.54) is 0 Å². The first-order chi connectivity index (χ1) is 9.93. The summed E-state index contributed by atoms with van der Waals surface area (Å²) in [6.45, 7) is 0.205. The van der Waals surface area contributed by atoms with Gasteiger partial charge in [0, 0.05) is 12.0 Å². The van der Waals surface area contributed by atoms with Gasteiger partial charge >= 0.3 is 0 Å². The molecule has 5 heteroatoms. The molecule has 1 aliphatic heterocycles. The molecule has 1 fully saturated rings. The van der Waals surface area contributed by atoms with Crippen LogP contribution in [0.15, 0.2) is 24.3 Å². The maximum absolute atomic E-state index is 12.0. The van der Waals surface area contributed by atoms with Crippen molar-refractivity contribution < 1.29 is 13.5 Å². The number of aryl methyl sites for hydroxylation is 1. The molecular formula is C16H23NO3S. The van der Waals surface area contributed by atoms with Crippen molar-refractivity contribution >= 4 is 9.84 Å². The highest BCUT2D eigenvalue weighted by molar-refractivity contribution is 7.91. The van der Waals surface area contributed by atoms with Crippen molar-refractivity contribution in [3.05, 3.63) is 35.4 Å². The van der Waals surface area contributed by atoms with Gasteiger partial charge in [-0.25, -0.2) is 8.42 Å². The average Bonchev–Trinajstić information content (AvgIpc) is 2.70. The maximum Gasteiger partial charge on any atom is 0.151 e. The first-order valence-corrected chi connectivity index (χ1v) is 9.46. The summed E-state index contributed by atoms with van der Waals surface area (Å²) in [5.41, 5.74) is 6.15. The molecule has 0 radical (unpaired) electrons. The van der Waals surface area contributed by atoms with E-state index in [0.717, 1.165) is 30.4 Å². The first kappa shape index (κ1) is 15.0. The van der Waals surface area contributed by atoms with E-state index in [9.17, 15) is 13.5 Å². The predicted molar refractivity (Wildman–Crippen MR) is 82.7 cm³/mol. The van der Waals surface area contributed by atoms with E-state index in [2.05, 4.69) is 0 Å². The van der Waals surface area contributed by atoms with Crippen molar-refractivity contribution in [2.45, 2.75) is 37.7 Å². The summed E-state index contributed by atoms with van der Waals surface area (Å²) < 4.78 is 24.0. The van der Waals surface area contributed by atoms with Gasteiger partial charge in [0.05, 0.1) is 17.1 Å². The van der Waals surface area contributed by atoms with Crippen LogP contribution in [0.25, 0.3) is 0 Å². The summed E-state index contributed by atoms with van der Waals surface area (Å²) >= 11 is 0. The quantitative estimate of drug-likeness (QED) is 0.809. The highest BCUT2D eigenvalue weighted by atomic mass is 32.2. The lowest BCUT2D eigenvalue weighted by atomic mass is 9.65. The number of hydrogen-bond acceptors (Lipinski definition) is 4. The number of fused-ring (bicyclic) bond motifs is 1. The fraction of sp³-hybridized carbons (Fsp3) is 0.625. The van der Waals surface area contributed by atoms with Crippen molar-refractivity contribution in [2.75, 3.05) is 18.1 Å². The number of nitrogens with two attached hydrogens (primary N) is 1. The second-order valence-electron chi connectivity index (χ2n) is 6.55. The van der Waals surface area contributed by atoms with Gasteiger partial charge in [-0.3, -0.25) is 0 Å². The molecule has 0 aromatic heterocycles. The minimum Gasteiger partial charge on any atom is -0.384 e. The molecule has 0 amide bonds. The Morgan fingerprint density at radius 2 is 1.95 bits per heavy atom. The van der Waals surface area contributed by atoms with Crippen molar-refractivity contribution in [3.8, 4) is 0 Å². The van der Waals surface area contributed by atoms with Crippen LogP contribution in [-0.2, 0) is 21.9 Å². The van der Waals surface area contributed by atoms with Gasteiger partial charge in [-0.1, -0.05) is 24.3 Å². The van der Waals surface area contributed by atoms with Crippen LogP contribution in [0, 0.1) is 5.41 Å². The molecule has 1 saturated heterocycles. The summed E-state index contributed by atoms with van der Waals surface area (Å²) in [7, 11) is -3.11. The van der Waals surface area contributed by atoms with E-state index in [0.29, 0.717) is 12.8 Å². The van der Waals surface area contributed by atoms with Gasteiger partial charge in [-0.2, -0.15) is 0 Å². The van der Waals surface area contributed by atoms with Crippen LogP contribution >= 0.6 is 0 Å². The summed E-state index contributed by atoms with van der Waals surface area (Å²) in [6.07, 6.45) is 3.90. The molecule has 21 heavy (non-hydrogen) atoms. The minimum atomic E-state index is -3.11. The van der Waals surface area contributed by atoms with Crippen LogP contribution in [0.1, 0.15) is 36.8 Å². The highest BCUT2D eigenvalue weighted by Gasteiger charge is 2.56. The molecule has 3 N–H and O–H groups in total. The van der Waals surface area contributed by atoms with Crippen LogP contribution < -0.4 is 5.73 Å². The SMILES string of the molecule is NCC1(C2(O)CCCCc3ccccc32)CCS(=O)(=O)C1. The molecule has 2 aliphatic rings. The summed E-state index contributed by atoms with van der Waals surface area (Å²) in [5, 5.41) is 11.5. The Labute approximate surface area is 126 Å². The van der Waals surface area contributed by atoms with Gasteiger partial charge in [0.2, 0.25) is 0 Å². The van der Waals surface area contributed by atoms with Gasteiger partial charge in [-0.05, 0) is 43.2 Å². The van der Waals surface area contributed by atoms with Gasteiger partial charge in [0.15, 0.2) is 9.84 Å². The molecule has 3 rings (SSSR count). The molecule has 0 bridgehead atoms. The standard InChI is InChI=1S/C16H23NO3S/c17-11-15(9-10-21(19,20)12-15)16(18)8-4-3-6-13-5-1-2-7-14(13)16/h1-2,5,7,18H,3-4,6,8-12,17H2. The average molecular weight is 309 g/mol. The fourth-order valence-corrected chi connectivity index (χ4v) is 6.28. The molecule has 116 valence electrons. The van der Waals surface area contributed by atoms with Crippen LogP contribution in [0.3, 0.4) is 0 Å². The topological polar surface area (TPSA) is 80.4 Å². The third-order valence-electron chi connectivity index (χ3n) is 5.35. The van der Waals surface area contributed by atoms with Crippen molar-refractivity contribution in [3.63, 3.8) is 0 Å². The van der Waals surface area contributed by atoms with Crippen molar-refractivity contribution in [1.29, 1.82) is 0 Å². The molecule has 2 atom stereocenters. The molecule has 1 aromatic carbocycles. The smallest absolute Gasteiger partial charge is 0.151 e. The van der Waals surface area contributed by atoms with Gasteiger partial charge in [0.1, 0.15) is 0 Å². The van der Waals surface area contributed by atoms with Gasteiger partial charge in [-0.15, -0.1) is 0 Å². The Morgan fingerprint density at radius 1 is 1.19 bits per heavy atom. The zero-order valence-electron chi connectivity index (χ0n) is 12.2. The zero-order valence-corrected chi connectivity index (χ0v) is 13.0. The monoisotopic (exact) mass is 309 g/mol. The van der Waals surface area contributed by atoms with Crippen LogP contribution in [0.5, 0.6) is 0 Å². The largest absolute Gasteiger partial charge is 0.384 e. The first-order valence-electron chi connectivity index (χ1n) is 7.64. The van der Waals surface area contributed by atoms with E-state index in [4.69, 9.17) is 5.73 Å². The number of sulfone groups is 1. The van der Waals surface area contributed by atoms with E-state index in [-0.39, 0.29) is 18.1 Å². The molecule has 2 unspecified atom stereocenters. The Morgan fingerprint density at radius 3 is 2.62 bits per heavy atom. The minimum absolute atomic E-state index is 0.00132. The predicted octanol–water partition coefficient (Wildman–Crippen LogP) is 1.36. The van der Waals surface area contributed by atoms with E-state index in [1.807, 2.05) is 24.3 Å². The summed E-state index contributed by atoms with van der Waals surface area (Å²) in [5.74, 6) is 0.135. The van der Waals surface area contributed by atoms with E-state index in [1.54, 1.807) is 0 Å². The van der Waals surface area contributed by atoms with Crippen molar-refractivity contribution in [2.24, 2.45) is 11.1 Å². The Hall–Kier alpha value is -0.910. The van der Waals surface area contributed by atoms with Crippen LogP contribution in [0.4, 0.5) is 0 Å². The molecule has 1 aliphatic carbocycles. The van der Waals surface area contributed by atoms with E-state index < -0.39 is 20.9 Å². The number of hydrogen-bond donors (Lipinski definition) is 2. The molecule has 1 heterocycles. The number of rotatable bonds is 2. The number of benzene rings is 1. The van der Waals surface area contributed by atoms with Gasteiger partial charge in [0.25, 0.3) is 0 Å². The van der Waals surface area contributed by atoms with Crippen LogP contribution in [0.2, 0.25) is 0 Å². The molecule has 0 saturated carbocycles. The zero-order chi connectivity index (χ0) is 15.1. The lowest BCUT2D eigenvalue weighted by Gasteiger charge is -2.44. The second-order valence-corrected chi connectivity index (χ2v) is 8.74. The lowest BCUT2D eigenvalue weighted by molar-refractivity contribution is -0.0817. The normalized spacial score (nSPS) is 35.1. The molecule has 4 nitrogen and oxygen atoms in total. The second kappa shape index (κ2) is 5.07. The Bertz CT molecular complexity index is 643. The Balaban J connectivity index is 2.15. The van der Waals surface area contributed by atoms with E-state index >= 15 is 0 Å². The fourth-order valence-electron chi connectivity index (χ4n) is 4.10. The third kappa shape index (κ3) is 2.31. The lowest BCUT2D eigenvalue weighted by Crippen LogP contribution is -2.51. The molecule has 1 aromatic rings. The van der Waals surface area contributed by atoms with Gasteiger partial charge < -0.3 is 10.8 Å². The Kier molecular flexibility index (Phi) is 3.62. The molecule has 0 spiro atoms. The third-order valence-corrected chi connectivity index (χ3v) is 7.17.